The van der Waals surface area contributed by atoms with E-state index in [1.807, 2.05) is 13.8 Å². The summed E-state index contributed by atoms with van der Waals surface area (Å²) < 4.78 is 4.11. The van der Waals surface area contributed by atoms with Crippen LogP contribution in [0.5, 0.6) is 0 Å². The number of aryl methyl sites for hydroxylation is 6. The van der Waals surface area contributed by atoms with Gasteiger partial charge in [-0.1, -0.05) is 0 Å². The first-order valence-corrected chi connectivity index (χ1v) is 8.96. The summed E-state index contributed by atoms with van der Waals surface area (Å²) in [5.74, 6) is 0.849. The first-order valence-electron chi connectivity index (χ1n) is 8.96. The van der Waals surface area contributed by atoms with Gasteiger partial charge in [0.2, 0.25) is 0 Å². The molecule has 2 rings (SSSR count). The van der Waals surface area contributed by atoms with Gasteiger partial charge in [0, 0.05) is 44.6 Å². The molecule has 146 valence electrons. The Balaban J connectivity index is 0.00000338. The zero-order chi connectivity index (χ0) is 18.2. The number of hydrogen-bond donors (Lipinski definition) is 2. The van der Waals surface area contributed by atoms with Crippen LogP contribution in [0.1, 0.15) is 35.6 Å². The molecule has 2 N–H and O–H groups in total. The number of aromatic nitrogens is 4. The van der Waals surface area contributed by atoms with Crippen LogP contribution in [0.15, 0.2) is 17.1 Å². The molecule has 0 saturated carbocycles. The van der Waals surface area contributed by atoms with Crippen LogP contribution < -0.4 is 10.6 Å². The summed E-state index contributed by atoms with van der Waals surface area (Å²) in [4.78, 5) is 4.27. The van der Waals surface area contributed by atoms with E-state index in [4.69, 9.17) is 0 Å². The minimum absolute atomic E-state index is 0. The zero-order valence-corrected chi connectivity index (χ0v) is 18.9. The summed E-state index contributed by atoms with van der Waals surface area (Å²) in [7, 11) is 1.80. The van der Waals surface area contributed by atoms with Crippen molar-refractivity contribution in [3.05, 3.63) is 34.9 Å². The minimum Gasteiger partial charge on any atom is -0.356 e. The molecule has 0 radical (unpaired) electrons. The van der Waals surface area contributed by atoms with Gasteiger partial charge >= 0.3 is 0 Å². The predicted octanol–water partition coefficient (Wildman–Crippen LogP) is 2.58. The summed E-state index contributed by atoms with van der Waals surface area (Å²) in [6.07, 6.45) is 2.02. The van der Waals surface area contributed by atoms with E-state index in [0.29, 0.717) is 0 Å². The molecule has 0 fully saturated rings. The Hall–Kier alpha value is -1.58. The van der Waals surface area contributed by atoms with E-state index in [-0.39, 0.29) is 24.0 Å². The van der Waals surface area contributed by atoms with Gasteiger partial charge in [-0.15, -0.1) is 24.0 Å². The Labute approximate surface area is 173 Å². The molecule has 0 aliphatic carbocycles. The molecule has 0 atom stereocenters. The molecule has 8 heteroatoms. The summed E-state index contributed by atoms with van der Waals surface area (Å²) >= 11 is 0. The third-order valence-corrected chi connectivity index (χ3v) is 4.11. The number of guanidine groups is 1. The molecule has 2 heterocycles. The number of hydrogen-bond acceptors (Lipinski definition) is 3. The average Bonchev–Trinajstić information content (AvgIpc) is 3.06. The van der Waals surface area contributed by atoms with Gasteiger partial charge in [0.1, 0.15) is 0 Å². The lowest BCUT2D eigenvalue weighted by Gasteiger charge is -2.12. The average molecular weight is 473 g/mol. The van der Waals surface area contributed by atoms with Crippen molar-refractivity contribution >= 4 is 29.9 Å². The fourth-order valence-corrected chi connectivity index (χ4v) is 2.89. The smallest absolute Gasteiger partial charge is 0.190 e. The van der Waals surface area contributed by atoms with Gasteiger partial charge in [-0.2, -0.15) is 10.2 Å². The molecule has 0 spiro atoms. The van der Waals surface area contributed by atoms with Crippen molar-refractivity contribution < 1.29 is 0 Å². The standard InChI is InChI=1S/C18H31N7.HI/c1-14-12-16(3)24(22-14)10-6-8-20-18(19-5)21-9-7-11-25-17(4)13-15(2)23-25;/h12-13H,6-11H2,1-5H3,(H2,19,20,21);1H. The lowest BCUT2D eigenvalue weighted by atomic mass is 10.3. The van der Waals surface area contributed by atoms with Crippen molar-refractivity contribution in [3.8, 4) is 0 Å². The SMILES string of the molecule is CN=C(NCCCn1nc(C)cc1C)NCCCn1nc(C)cc1C.I. The number of halogens is 1. The highest BCUT2D eigenvalue weighted by atomic mass is 127. The molecule has 0 amide bonds. The van der Waals surface area contributed by atoms with Crippen molar-refractivity contribution in [2.24, 2.45) is 4.99 Å². The van der Waals surface area contributed by atoms with Crippen LogP contribution >= 0.6 is 24.0 Å². The molecule has 26 heavy (non-hydrogen) atoms. The van der Waals surface area contributed by atoms with Gasteiger partial charge in [-0.3, -0.25) is 14.4 Å². The molecule has 2 aromatic heterocycles. The van der Waals surface area contributed by atoms with Crippen molar-refractivity contribution in [2.45, 2.75) is 53.6 Å². The van der Waals surface area contributed by atoms with Gasteiger partial charge in [-0.05, 0) is 52.7 Å². The van der Waals surface area contributed by atoms with Crippen LogP contribution in [0.2, 0.25) is 0 Å². The Bertz CT molecular complexity index is 646. The van der Waals surface area contributed by atoms with Crippen molar-refractivity contribution in [1.29, 1.82) is 0 Å². The second-order valence-corrected chi connectivity index (χ2v) is 6.43. The van der Waals surface area contributed by atoms with E-state index in [9.17, 15) is 0 Å². The van der Waals surface area contributed by atoms with E-state index in [0.717, 1.165) is 56.4 Å². The Morgan fingerprint density at radius 1 is 0.885 bits per heavy atom. The predicted molar refractivity (Wildman–Crippen MR) is 117 cm³/mol. The van der Waals surface area contributed by atoms with E-state index >= 15 is 0 Å². The third-order valence-electron chi connectivity index (χ3n) is 4.11. The second kappa shape index (κ2) is 11.2. The largest absolute Gasteiger partial charge is 0.356 e. The van der Waals surface area contributed by atoms with Gasteiger partial charge in [-0.25, -0.2) is 0 Å². The van der Waals surface area contributed by atoms with Crippen LogP contribution in [0.4, 0.5) is 0 Å². The van der Waals surface area contributed by atoms with Crippen LogP contribution in [0.3, 0.4) is 0 Å². The molecule has 0 aliphatic rings. The molecule has 0 saturated heterocycles. The van der Waals surface area contributed by atoms with Crippen LogP contribution in [0, 0.1) is 27.7 Å². The van der Waals surface area contributed by atoms with E-state index in [1.165, 1.54) is 11.4 Å². The number of rotatable bonds is 8. The quantitative estimate of drug-likeness (QED) is 0.268. The summed E-state index contributed by atoms with van der Waals surface area (Å²) in [5.41, 5.74) is 4.57. The summed E-state index contributed by atoms with van der Waals surface area (Å²) in [5, 5.41) is 15.7. The maximum Gasteiger partial charge on any atom is 0.190 e. The number of aliphatic imine (C=N–C) groups is 1. The molecule has 7 nitrogen and oxygen atoms in total. The molecular weight excluding hydrogens is 441 g/mol. The fraction of sp³-hybridized carbons (Fsp3) is 0.611. The first kappa shape index (κ1) is 22.5. The molecule has 0 unspecified atom stereocenters. The van der Waals surface area contributed by atoms with Crippen LogP contribution in [-0.4, -0.2) is 45.7 Å². The second-order valence-electron chi connectivity index (χ2n) is 6.43. The normalized spacial score (nSPS) is 10.3. The zero-order valence-electron chi connectivity index (χ0n) is 16.5. The van der Waals surface area contributed by atoms with Crippen molar-refractivity contribution in [2.75, 3.05) is 20.1 Å². The molecule has 0 aromatic carbocycles. The Morgan fingerprint density at radius 2 is 1.31 bits per heavy atom. The Kier molecular flexibility index (Phi) is 9.68. The third kappa shape index (κ3) is 6.97. The summed E-state index contributed by atoms with van der Waals surface area (Å²) in [6.45, 7) is 11.8. The highest BCUT2D eigenvalue weighted by Crippen LogP contribution is 2.03. The minimum atomic E-state index is 0. The van der Waals surface area contributed by atoms with E-state index < -0.39 is 0 Å². The maximum absolute atomic E-state index is 4.48. The molecule has 0 bridgehead atoms. The molecular formula is C18H32IN7. The molecule has 0 aliphatic heterocycles. The van der Waals surface area contributed by atoms with E-state index in [2.05, 4.69) is 61.2 Å². The summed E-state index contributed by atoms with van der Waals surface area (Å²) in [6, 6.07) is 4.22. The maximum atomic E-state index is 4.48. The topological polar surface area (TPSA) is 72.1 Å². The van der Waals surface area contributed by atoms with Crippen molar-refractivity contribution in [3.63, 3.8) is 0 Å². The van der Waals surface area contributed by atoms with Crippen LogP contribution in [0.25, 0.3) is 0 Å². The van der Waals surface area contributed by atoms with Gasteiger partial charge < -0.3 is 10.6 Å². The van der Waals surface area contributed by atoms with Crippen LogP contribution in [-0.2, 0) is 13.1 Å². The van der Waals surface area contributed by atoms with Gasteiger partial charge in [0.05, 0.1) is 11.4 Å². The first-order chi connectivity index (χ1) is 12.0. The lowest BCUT2D eigenvalue weighted by Crippen LogP contribution is -2.38. The molecule has 2 aromatic rings. The Morgan fingerprint density at radius 3 is 1.62 bits per heavy atom. The van der Waals surface area contributed by atoms with Gasteiger partial charge in [0.15, 0.2) is 5.96 Å². The number of nitrogens with zero attached hydrogens (tertiary/aromatic N) is 5. The monoisotopic (exact) mass is 473 g/mol. The van der Waals surface area contributed by atoms with Crippen molar-refractivity contribution in [1.82, 2.24) is 30.2 Å². The highest BCUT2D eigenvalue weighted by molar-refractivity contribution is 14.0. The fourth-order valence-electron chi connectivity index (χ4n) is 2.89. The van der Waals surface area contributed by atoms with Gasteiger partial charge in [0.25, 0.3) is 0 Å². The van der Waals surface area contributed by atoms with E-state index in [1.54, 1.807) is 7.05 Å². The lowest BCUT2D eigenvalue weighted by molar-refractivity contribution is 0.546. The highest BCUT2D eigenvalue weighted by Gasteiger charge is 2.02. The number of nitrogens with one attached hydrogen (secondary N) is 2.